The summed E-state index contributed by atoms with van der Waals surface area (Å²) in [6.45, 7) is 2.93. The normalized spacial score (nSPS) is 21.2. The Morgan fingerprint density at radius 1 is 1.39 bits per heavy atom. The van der Waals surface area contributed by atoms with E-state index in [1.165, 1.54) is 6.42 Å². The van der Waals surface area contributed by atoms with Crippen LogP contribution in [0.2, 0.25) is 0 Å². The van der Waals surface area contributed by atoms with E-state index >= 15 is 0 Å². The van der Waals surface area contributed by atoms with Gasteiger partial charge in [0, 0.05) is 31.4 Å². The first kappa shape index (κ1) is 17.5. The van der Waals surface area contributed by atoms with Gasteiger partial charge in [0.2, 0.25) is 5.91 Å². The zero-order valence-corrected chi connectivity index (χ0v) is 14.2. The Kier molecular flexibility index (Phi) is 6.15. The number of likely N-dealkylation sites (N-methyl/N-ethyl adjacent to an activating group) is 1. The maximum Gasteiger partial charge on any atom is 0.321 e. The van der Waals surface area contributed by atoms with Crippen molar-refractivity contribution in [1.29, 1.82) is 0 Å². The van der Waals surface area contributed by atoms with Crippen LogP contribution in [0.3, 0.4) is 0 Å². The first-order valence-corrected chi connectivity index (χ1v) is 8.20. The second-order valence-corrected chi connectivity index (χ2v) is 6.58. The zero-order valence-electron chi connectivity index (χ0n) is 14.2. The molecule has 1 aliphatic rings. The Bertz CT molecular complexity index is 542. The van der Waals surface area contributed by atoms with E-state index in [4.69, 9.17) is 0 Å². The topological polar surface area (TPSA) is 79.3 Å². The third kappa shape index (κ3) is 5.67. The number of hydrogen-bond donors (Lipinski definition) is 2. The molecule has 0 radical (unpaired) electrons. The van der Waals surface area contributed by atoms with Gasteiger partial charge in [0.05, 0.1) is 12.7 Å². The fraction of sp³-hybridized carbons (Fsp3) is 0.688. The molecular formula is C16H27N5O2. The van der Waals surface area contributed by atoms with E-state index in [0.29, 0.717) is 12.5 Å². The Hall–Kier alpha value is -1.89. The number of rotatable bonds is 5. The molecule has 1 saturated carbocycles. The second-order valence-electron chi connectivity index (χ2n) is 6.58. The summed E-state index contributed by atoms with van der Waals surface area (Å²) in [6, 6.07) is -0.215. The number of carbonyl (C=O) groups is 2. The van der Waals surface area contributed by atoms with Crippen molar-refractivity contribution in [3.05, 3.63) is 18.0 Å². The van der Waals surface area contributed by atoms with Crippen molar-refractivity contribution in [2.24, 2.45) is 13.0 Å². The molecular weight excluding hydrogens is 294 g/mol. The number of carbonyl (C=O) groups excluding carboxylic acids is 2. The highest BCUT2D eigenvalue weighted by Crippen LogP contribution is 2.23. The Morgan fingerprint density at radius 2 is 2.13 bits per heavy atom. The first-order chi connectivity index (χ1) is 10.9. The number of urea groups is 1. The molecule has 2 rings (SSSR count). The predicted octanol–water partition coefficient (Wildman–Crippen LogP) is 1.26. The van der Waals surface area contributed by atoms with Gasteiger partial charge in [-0.2, -0.15) is 5.10 Å². The molecule has 2 unspecified atom stereocenters. The molecule has 1 aromatic rings. The van der Waals surface area contributed by atoms with Crippen molar-refractivity contribution >= 4 is 11.9 Å². The van der Waals surface area contributed by atoms with Crippen molar-refractivity contribution in [2.75, 3.05) is 13.6 Å². The smallest absolute Gasteiger partial charge is 0.321 e. The molecule has 0 spiro atoms. The largest absolute Gasteiger partial charge is 0.335 e. The van der Waals surface area contributed by atoms with Gasteiger partial charge in [0.15, 0.2) is 0 Å². The number of hydrogen-bond acceptors (Lipinski definition) is 4. The third-order valence-electron chi connectivity index (χ3n) is 4.31. The maximum atomic E-state index is 11.9. The van der Waals surface area contributed by atoms with E-state index in [1.807, 2.05) is 25.2 Å². The number of aromatic nitrogens is 2. The van der Waals surface area contributed by atoms with Gasteiger partial charge in [-0.1, -0.05) is 19.8 Å². The molecule has 0 bridgehead atoms. The van der Waals surface area contributed by atoms with Gasteiger partial charge in [-0.05, 0) is 25.8 Å². The summed E-state index contributed by atoms with van der Waals surface area (Å²) < 4.78 is 1.72. The molecule has 3 amide bonds. The predicted molar refractivity (Wildman–Crippen MR) is 87.6 cm³/mol. The summed E-state index contributed by atoms with van der Waals surface area (Å²) in [5.74, 6) is 0.176. The number of imide groups is 1. The van der Waals surface area contributed by atoms with Gasteiger partial charge in [0.1, 0.15) is 0 Å². The molecule has 1 heterocycles. The molecule has 128 valence electrons. The first-order valence-electron chi connectivity index (χ1n) is 8.20. The van der Waals surface area contributed by atoms with Crippen LogP contribution in [0.1, 0.15) is 38.2 Å². The summed E-state index contributed by atoms with van der Waals surface area (Å²) in [4.78, 5) is 25.7. The van der Waals surface area contributed by atoms with Gasteiger partial charge in [0.25, 0.3) is 0 Å². The molecule has 7 nitrogen and oxygen atoms in total. The van der Waals surface area contributed by atoms with Crippen LogP contribution in [0, 0.1) is 5.92 Å². The van der Waals surface area contributed by atoms with Crippen LogP contribution in [0.5, 0.6) is 0 Å². The molecule has 2 N–H and O–H groups in total. The summed E-state index contributed by atoms with van der Waals surface area (Å²) in [7, 11) is 3.69. The summed E-state index contributed by atoms with van der Waals surface area (Å²) in [6.07, 6.45) is 8.16. The van der Waals surface area contributed by atoms with E-state index in [0.717, 1.165) is 24.8 Å². The highest BCUT2D eigenvalue weighted by molar-refractivity contribution is 5.95. The molecule has 1 fully saturated rings. The summed E-state index contributed by atoms with van der Waals surface area (Å²) in [5, 5.41) is 9.44. The average Bonchev–Trinajstić information content (AvgIpc) is 2.86. The number of nitrogens with zero attached hydrogens (tertiary/aromatic N) is 3. The van der Waals surface area contributed by atoms with Crippen molar-refractivity contribution in [2.45, 2.75) is 45.2 Å². The monoisotopic (exact) mass is 321 g/mol. The van der Waals surface area contributed by atoms with Crippen LogP contribution in [0.15, 0.2) is 12.4 Å². The van der Waals surface area contributed by atoms with Crippen LogP contribution in [0.4, 0.5) is 4.79 Å². The quantitative estimate of drug-likeness (QED) is 0.855. The molecule has 0 aliphatic heterocycles. The van der Waals surface area contributed by atoms with Gasteiger partial charge in [-0.3, -0.25) is 19.7 Å². The SMILES string of the molecule is CC1CCCCC1NC(=O)NC(=O)CN(C)Cc1cnn(C)c1. The van der Waals surface area contributed by atoms with Crippen molar-refractivity contribution in [3.63, 3.8) is 0 Å². The van der Waals surface area contributed by atoms with E-state index in [2.05, 4.69) is 22.7 Å². The fourth-order valence-corrected chi connectivity index (χ4v) is 3.07. The lowest BCUT2D eigenvalue weighted by molar-refractivity contribution is -0.121. The molecule has 7 heteroatoms. The molecule has 2 atom stereocenters. The van der Waals surface area contributed by atoms with Crippen LogP contribution in [0.25, 0.3) is 0 Å². The summed E-state index contributed by atoms with van der Waals surface area (Å²) in [5.41, 5.74) is 1.03. The van der Waals surface area contributed by atoms with Crippen LogP contribution in [-0.2, 0) is 18.4 Å². The van der Waals surface area contributed by atoms with Gasteiger partial charge in [-0.15, -0.1) is 0 Å². The average molecular weight is 321 g/mol. The van der Waals surface area contributed by atoms with Crippen LogP contribution in [-0.4, -0.2) is 46.3 Å². The minimum atomic E-state index is -0.386. The molecule has 0 aromatic carbocycles. The zero-order chi connectivity index (χ0) is 16.8. The lowest BCUT2D eigenvalue weighted by Gasteiger charge is -2.29. The standard InChI is InChI=1S/C16H27N5O2/c1-12-6-4-5-7-14(12)18-16(23)19-15(22)11-20(2)9-13-8-17-21(3)10-13/h8,10,12,14H,4-7,9,11H2,1-3H3,(H2,18,19,22,23). The lowest BCUT2D eigenvalue weighted by atomic mass is 9.86. The Morgan fingerprint density at radius 3 is 2.78 bits per heavy atom. The van der Waals surface area contributed by atoms with Crippen LogP contribution < -0.4 is 10.6 Å². The van der Waals surface area contributed by atoms with Crippen molar-refractivity contribution < 1.29 is 9.59 Å². The molecule has 1 aromatic heterocycles. The van der Waals surface area contributed by atoms with E-state index < -0.39 is 0 Å². The second kappa shape index (κ2) is 8.10. The van der Waals surface area contributed by atoms with E-state index in [1.54, 1.807) is 10.9 Å². The minimum absolute atomic E-state index is 0.169. The lowest BCUT2D eigenvalue weighted by Crippen LogP contribution is -2.49. The Balaban J connectivity index is 1.71. The molecule has 23 heavy (non-hydrogen) atoms. The highest BCUT2D eigenvalue weighted by Gasteiger charge is 2.23. The number of aryl methyl sites for hydroxylation is 1. The van der Waals surface area contributed by atoms with Crippen LogP contribution >= 0.6 is 0 Å². The van der Waals surface area contributed by atoms with Gasteiger partial charge in [-0.25, -0.2) is 4.79 Å². The fourth-order valence-electron chi connectivity index (χ4n) is 3.07. The van der Waals surface area contributed by atoms with Crippen molar-refractivity contribution in [3.8, 4) is 0 Å². The van der Waals surface area contributed by atoms with Gasteiger partial charge >= 0.3 is 6.03 Å². The Labute approximate surface area is 137 Å². The van der Waals surface area contributed by atoms with E-state index in [9.17, 15) is 9.59 Å². The molecule has 0 saturated heterocycles. The van der Waals surface area contributed by atoms with E-state index in [-0.39, 0.29) is 24.5 Å². The van der Waals surface area contributed by atoms with Crippen molar-refractivity contribution in [1.82, 2.24) is 25.3 Å². The molecule has 1 aliphatic carbocycles. The van der Waals surface area contributed by atoms with Gasteiger partial charge < -0.3 is 5.32 Å². The minimum Gasteiger partial charge on any atom is -0.335 e. The third-order valence-corrected chi connectivity index (χ3v) is 4.31. The number of nitrogens with one attached hydrogen (secondary N) is 2. The highest BCUT2D eigenvalue weighted by atomic mass is 16.2. The maximum absolute atomic E-state index is 11.9. The number of amides is 3. The summed E-state index contributed by atoms with van der Waals surface area (Å²) >= 11 is 0.